The largest absolute Gasteiger partial charge is 0.354 e. The molecule has 0 aromatic heterocycles. The number of nitrogens with zero attached hydrogens (tertiary/aromatic N) is 1. The summed E-state index contributed by atoms with van der Waals surface area (Å²) in [6.45, 7) is 8.29. The molecule has 1 aromatic rings. The molecular formula is C15H16ClNO2. The van der Waals surface area contributed by atoms with E-state index in [0.717, 1.165) is 5.56 Å². The van der Waals surface area contributed by atoms with Crippen molar-refractivity contribution in [3.8, 4) is 0 Å². The Hall–Kier alpha value is -1.58. The van der Waals surface area contributed by atoms with Gasteiger partial charge in [0.15, 0.2) is 6.10 Å². The number of halogens is 1. The molecule has 0 N–H and O–H groups in total. The average Bonchev–Trinajstić information content (AvgIpc) is 3.19. The Bertz CT molecular complexity index is 473. The second-order valence-corrected chi connectivity index (χ2v) is 4.79. The summed E-state index contributed by atoms with van der Waals surface area (Å²) >= 11 is 5.83. The Morgan fingerprint density at radius 3 is 2.37 bits per heavy atom. The Labute approximate surface area is 118 Å². The molecule has 1 amide bonds. The van der Waals surface area contributed by atoms with Crippen LogP contribution >= 0.6 is 11.6 Å². The van der Waals surface area contributed by atoms with Gasteiger partial charge in [-0.1, -0.05) is 35.9 Å². The van der Waals surface area contributed by atoms with Gasteiger partial charge in [0.25, 0.3) is 5.91 Å². The molecule has 1 saturated heterocycles. The van der Waals surface area contributed by atoms with Gasteiger partial charge in [-0.25, -0.2) is 0 Å². The number of hydrogen-bond donors (Lipinski definition) is 0. The number of carbonyl (C=O) groups excluding carboxylic acids is 1. The summed E-state index contributed by atoms with van der Waals surface area (Å²) in [6.07, 6.45) is 2.82. The fourth-order valence-corrected chi connectivity index (χ4v) is 2.08. The van der Waals surface area contributed by atoms with E-state index in [1.54, 1.807) is 29.2 Å². The van der Waals surface area contributed by atoms with Crippen LogP contribution in [0.3, 0.4) is 0 Å². The average molecular weight is 278 g/mol. The van der Waals surface area contributed by atoms with Crippen molar-refractivity contribution < 1.29 is 9.53 Å². The molecule has 1 aliphatic heterocycles. The van der Waals surface area contributed by atoms with Crippen LogP contribution in [0.15, 0.2) is 49.6 Å². The zero-order valence-corrected chi connectivity index (χ0v) is 11.3. The third-order valence-corrected chi connectivity index (χ3v) is 3.20. The molecule has 3 nitrogen and oxygen atoms in total. The van der Waals surface area contributed by atoms with Crippen molar-refractivity contribution in [2.45, 2.75) is 12.2 Å². The Morgan fingerprint density at radius 1 is 1.26 bits per heavy atom. The summed E-state index contributed by atoms with van der Waals surface area (Å²) in [4.78, 5) is 13.9. The lowest BCUT2D eigenvalue weighted by molar-refractivity contribution is -0.131. The number of rotatable bonds is 6. The number of ether oxygens (including phenoxy) is 1. The number of amides is 1. The molecule has 19 heavy (non-hydrogen) atoms. The van der Waals surface area contributed by atoms with Gasteiger partial charge in [-0.15, -0.1) is 13.2 Å². The predicted molar refractivity (Wildman–Crippen MR) is 76.0 cm³/mol. The van der Waals surface area contributed by atoms with Crippen LogP contribution in [0.2, 0.25) is 5.02 Å². The molecule has 0 saturated carbocycles. The fourth-order valence-electron chi connectivity index (χ4n) is 1.95. The van der Waals surface area contributed by atoms with Crippen LogP contribution in [-0.2, 0) is 9.53 Å². The summed E-state index contributed by atoms with van der Waals surface area (Å²) in [5, 5.41) is 0.673. The predicted octanol–water partition coefficient (Wildman–Crippen LogP) is 2.98. The lowest BCUT2D eigenvalue weighted by atomic mass is 10.1. The summed E-state index contributed by atoms with van der Waals surface area (Å²) < 4.78 is 5.48. The minimum atomic E-state index is -0.402. The first-order valence-electron chi connectivity index (χ1n) is 6.09. The van der Waals surface area contributed by atoms with Crippen molar-refractivity contribution >= 4 is 17.5 Å². The maximum Gasteiger partial charge on any atom is 0.255 e. The van der Waals surface area contributed by atoms with Crippen molar-refractivity contribution in [1.29, 1.82) is 0 Å². The topological polar surface area (TPSA) is 32.8 Å². The SMILES string of the molecule is C=CCN(CC=C)C(=O)[C@@H]1O[C@H]1c1ccc(Cl)cc1. The van der Waals surface area contributed by atoms with Crippen LogP contribution in [0.1, 0.15) is 11.7 Å². The first-order valence-corrected chi connectivity index (χ1v) is 6.46. The van der Waals surface area contributed by atoms with Crippen LogP contribution < -0.4 is 0 Å². The minimum Gasteiger partial charge on any atom is -0.354 e. The quantitative estimate of drug-likeness (QED) is 0.592. The molecule has 2 atom stereocenters. The maximum atomic E-state index is 12.2. The van der Waals surface area contributed by atoms with Crippen molar-refractivity contribution in [2.24, 2.45) is 0 Å². The van der Waals surface area contributed by atoms with Crippen LogP contribution in [0, 0.1) is 0 Å². The highest BCUT2D eigenvalue weighted by molar-refractivity contribution is 6.30. The van der Waals surface area contributed by atoms with E-state index >= 15 is 0 Å². The molecule has 2 rings (SSSR count). The van der Waals surface area contributed by atoms with E-state index < -0.39 is 6.10 Å². The highest BCUT2D eigenvalue weighted by atomic mass is 35.5. The molecule has 1 heterocycles. The van der Waals surface area contributed by atoms with Crippen molar-refractivity contribution in [3.63, 3.8) is 0 Å². The van der Waals surface area contributed by atoms with Crippen molar-refractivity contribution in [2.75, 3.05) is 13.1 Å². The molecule has 0 spiro atoms. The van der Waals surface area contributed by atoms with E-state index in [2.05, 4.69) is 13.2 Å². The Morgan fingerprint density at radius 2 is 1.84 bits per heavy atom. The molecule has 0 unspecified atom stereocenters. The van der Waals surface area contributed by atoms with Crippen molar-refractivity contribution in [1.82, 2.24) is 4.90 Å². The Balaban J connectivity index is 2.00. The summed E-state index contributed by atoms with van der Waals surface area (Å²) in [7, 11) is 0. The Kier molecular flexibility index (Phi) is 4.40. The number of hydrogen-bond acceptors (Lipinski definition) is 2. The van der Waals surface area contributed by atoms with E-state index in [1.165, 1.54) is 0 Å². The number of carbonyl (C=O) groups is 1. The van der Waals surface area contributed by atoms with Crippen molar-refractivity contribution in [3.05, 3.63) is 60.2 Å². The highest BCUT2D eigenvalue weighted by Gasteiger charge is 2.47. The molecule has 1 fully saturated rings. The highest BCUT2D eigenvalue weighted by Crippen LogP contribution is 2.40. The van der Waals surface area contributed by atoms with Crippen LogP contribution in [0.25, 0.3) is 0 Å². The lowest BCUT2D eigenvalue weighted by Crippen LogP contribution is -2.34. The molecule has 4 heteroatoms. The van der Waals surface area contributed by atoms with Crippen LogP contribution in [-0.4, -0.2) is 30.0 Å². The second-order valence-electron chi connectivity index (χ2n) is 4.35. The van der Waals surface area contributed by atoms with Gasteiger partial charge in [-0.2, -0.15) is 0 Å². The van der Waals surface area contributed by atoms with Gasteiger partial charge in [-0.05, 0) is 17.7 Å². The van der Waals surface area contributed by atoms with Gasteiger partial charge in [-0.3, -0.25) is 4.79 Å². The van der Waals surface area contributed by atoms with Gasteiger partial charge in [0.05, 0.1) is 0 Å². The minimum absolute atomic E-state index is 0.0280. The second kappa shape index (κ2) is 6.04. The monoisotopic (exact) mass is 277 g/mol. The lowest BCUT2D eigenvalue weighted by Gasteiger charge is -2.17. The normalized spacial score (nSPS) is 20.7. The van der Waals surface area contributed by atoms with Gasteiger partial charge in [0, 0.05) is 18.1 Å². The first-order chi connectivity index (χ1) is 9.17. The molecule has 0 radical (unpaired) electrons. The smallest absolute Gasteiger partial charge is 0.255 e. The summed E-state index contributed by atoms with van der Waals surface area (Å²) in [5.74, 6) is -0.0280. The van der Waals surface area contributed by atoms with E-state index in [9.17, 15) is 4.79 Å². The van der Waals surface area contributed by atoms with E-state index in [0.29, 0.717) is 18.1 Å². The molecule has 100 valence electrons. The molecule has 1 aliphatic rings. The zero-order valence-electron chi connectivity index (χ0n) is 10.6. The van der Waals surface area contributed by atoms with E-state index in [4.69, 9.17) is 16.3 Å². The van der Waals surface area contributed by atoms with E-state index in [1.807, 2.05) is 12.1 Å². The van der Waals surface area contributed by atoms with E-state index in [-0.39, 0.29) is 12.0 Å². The number of benzene rings is 1. The van der Waals surface area contributed by atoms with Gasteiger partial charge < -0.3 is 9.64 Å². The zero-order chi connectivity index (χ0) is 13.8. The van der Waals surface area contributed by atoms with Gasteiger partial charge >= 0.3 is 0 Å². The van der Waals surface area contributed by atoms with Gasteiger partial charge in [0.2, 0.25) is 0 Å². The third kappa shape index (κ3) is 3.25. The molecule has 0 aliphatic carbocycles. The molecule has 1 aromatic carbocycles. The first kappa shape index (κ1) is 13.8. The molecular weight excluding hydrogens is 262 g/mol. The number of epoxide rings is 1. The molecule has 0 bridgehead atoms. The fraction of sp³-hybridized carbons (Fsp3) is 0.267. The third-order valence-electron chi connectivity index (χ3n) is 2.94. The van der Waals surface area contributed by atoms with Crippen LogP contribution in [0.5, 0.6) is 0 Å². The summed E-state index contributed by atoms with van der Waals surface area (Å²) in [6, 6.07) is 7.36. The van der Waals surface area contributed by atoms with Gasteiger partial charge in [0.1, 0.15) is 6.10 Å². The maximum absolute atomic E-state index is 12.2. The standard InChI is InChI=1S/C15H16ClNO2/c1-3-9-17(10-4-2)15(18)14-13(19-14)11-5-7-12(16)8-6-11/h3-8,13-14H,1-2,9-10H2/t13-,14+/m0/s1. The van der Waals surface area contributed by atoms with Crippen LogP contribution in [0.4, 0.5) is 0 Å². The summed E-state index contributed by atoms with van der Waals surface area (Å²) in [5.41, 5.74) is 0.972.